The molecule has 2 aromatic heterocycles. The molecular weight excluding hydrogens is 939 g/mol. The molecule has 0 N–H and O–H groups in total. The highest BCUT2D eigenvalue weighted by atomic mass is 16.5. The van der Waals surface area contributed by atoms with E-state index >= 15 is 0 Å². The lowest BCUT2D eigenvalue weighted by atomic mass is 9.83. The number of hydrogen-bond donors (Lipinski definition) is 0. The van der Waals surface area contributed by atoms with Gasteiger partial charge in [-0.3, -0.25) is 0 Å². The van der Waals surface area contributed by atoms with Gasteiger partial charge < -0.3 is 13.7 Å². The Morgan fingerprint density at radius 3 is 1.42 bits per heavy atom. The molecule has 0 saturated heterocycles. The summed E-state index contributed by atoms with van der Waals surface area (Å²) in [5, 5.41) is 12.7. The first-order valence-corrected chi connectivity index (χ1v) is 27.7. The van der Waals surface area contributed by atoms with Crippen LogP contribution in [0, 0.1) is 6.92 Å². The van der Waals surface area contributed by atoms with E-state index in [1.165, 1.54) is 93.4 Å². The van der Waals surface area contributed by atoms with Crippen molar-refractivity contribution in [2.75, 3.05) is 0 Å². The number of fused-ring (bicyclic) bond motifs is 12. The average molecular weight is 1020 g/mol. The first kappa shape index (κ1) is 53.4. The lowest BCUT2D eigenvalue weighted by Gasteiger charge is -2.21. The van der Waals surface area contributed by atoms with E-state index in [9.17, 15) is 4.79 Å². The molecule has 77 heavy (non-hydrogen) atoms. The van der Waals surface area contributed by atoms with Gasteiger partial charge in [0.05, 0.1) is 18.6 Å². The van der Waals surface area contributed by atoms with Crippen molar-refractivity contribution in [1.29, 1.82) is 0 Å². The van der Waals surface area contributed by atoms with Gasteiger partial charge in [0.25, 0.3) is 0 Å². The molecule has 0 amide bonds. The Bertz CT molecular complexity index is 4180. The molecule has 394 valence electrons. The number of ether oxygens (including phenoxy) is 1. The van der Waals surface area contributed by atoms with E-state index in [1.54, 1.807) is 0 Å². The number of rotatable bonds is 0. The molecule has 0 radical (unpaired) electrons. The molecule has 3 heterocycles. The first-order chi connectivity index (χ1) is 36.0. The van der Waals surface area contributed by atoms with Crippen LogP contribution >= 0.6 is 0 Å². The maximum absolute atomic E-state index is 12.7. The Morgan fingerprint density at radius 2 is 0.805 bits per heavy atom. The van der Waals surface area contributed by atoms with Gasteiger partial charge in [0.1, 0.15) is 5.58 Å². The van der Waals surface area contributed by atoms with Crippen molar-refractivity contribution in [3.05, 3.63) is 201 Å². The van der Waals surface area contributed by atoms with Crippen molar-refractivity contribution >= 4 is 75.9 Å². The fourth-order valence-electron chi connectivity index (χ4n) is 11.0. The predicted octanol–water partition coefficient (Wildman–Crippen LogP) is 19.9. The SMILES string of the molecule is CC(C)(C)c1ccc2c(c1)COCc1cc3cc(C(C)(C)C)ccc3cc1-2.CC(C)(C)c1ccc2cc3c(cc2c1)c(=O)oc1cc(C(C)(C)C)ccc13.Cc1ccc2cc3c4ccc(C(C)(C)C)cc4n(C)c3cc2c1. The quantitative estimate of drug-likeness (QED) is 0.0864. The van der Waals surface area contributed by atoms with Gasteiger partial charge in [0.2, 0.25) is 0 Å². The average Bonchev–Trinajstić information content (AvgIpc) is 3.60. The Morgan fingerprint density at radius 1 is 0.364 bits per heavy atom. The standard InChI is InChI=1S/C26H30O.C25H26O2.C22H23N/c1-25(2,3)21-8-7-17-14-24-19(11-18(17)12-21)15-27-16-20-13-22(26(4,5)6)9-10-23(20)24;1-24(2,3)17-8-7-15-12-20-19-10-9-18(25(4,5)6)14-22(19)27-23(26)21(20)13-16(15)11-17;1-14-6-7-15-11-19-18-9-8-17(22(2,3)4)13-21(18)23(5)20(19)12-16(15)10-14/h7-14H,15-16H2,1-6H3;7-14H,1-6H3;6-13H,1-5H3. The van der Waals surface area contributed by atoms with Crippen molar-refractivity contribution in [3.8, 4) is 11.1 Å². The fraction of sp³-hybridized carbons (Fsp3) is 0.329. The molecule has 4 heteroatoms. The molecule has 1 aliphatic rings. The minimum absolute atomic E-state index is 0.00839. The van der Waals surface area contributed by atoms with Gasteiger partial charge in [0.15, 0.2) is 0 Å². The van der Waals surface area contributed by atoms with Crippen LogP contribution in [-0.4, -0.2) is 4.57 Å². The zero-order valence-electron chi connectivity index (χ0n) is 48.9. The molecule has 4 nitrogen and oxygen atoms in total. The fourth-order valence-corrected chi connectivity index (χ4v) is 11.0. The van der Waals surface area contributed by atoms with Crippen LogP contribution in [0.5, 0.6) is 0 Å². The first-order valence-electron chi connectivity index (χ1n) is 27.7. The summed E-state index contributed by atoms with van der Waals surface area (Å²) in [5.74, 6) is 0. The molecule has 11 aromatic rings. The van der Waals surface area contributed by atoms with E-state index in [2.05, 4.69) is 256 Å². The van der Waals surface area contributed by atoms with Crippen molar-refractivity contribution in [3.63, 3.8) is 0 Å². The van der Waals surface area contributed by atoms with Gasteiger partial charge in [0, 0.05) is 39.6 Å². The molecule has 12 rings (SSSR count). The highest BCUT2D eigenvalue weighted by molar-refractivity contribution is 6.13. The second-order valence-electron chi connectivity index (χ2n) is 27.3. The van der Waals surface area contributed by atoms with Crippen molar-refractivity contribution in [1.82, 2.24) is 4.57 Å². The Labute approximate surface area is 457 Å². The normalized spacial score (nSPS) is 13.4. The summed E-state index contributed by atoms with van der Waals surface area (Å²) in [6, 6.07) is 53.6. The second-order valence-corrected chi connectivity index (χ2v) is 27.3. The third kappa shape index (κ3) is 10.6. The van der Waals surface area contributed by atoms with Gasteiger partial charge >= 0.3 is 5.63 Å². The van der Waals surface area contributed by atoms with Gasteiger partial charge in [-0.2, -0.15) is 0 Å². The lowest BCUT2D eigenvalue weighted by Crippen LogP contribution is -2.11. The second kappa shape index (κ2) is 19.2. The number of benzene rings is 9. The molecule has 0 atom stereocenters. The van der Waals surface area contributed by atoms with Gasteiger partial charge in [-0.25, -0.2) is 4.79 Å². The topological polar surface area (TPSA) is 44.4 Å². The van der Waals surface area contributed by atoms with Gasteiger partial charge in [-0.15, -0.1) is 0 Å². The number of aryl methyl sites for hydroxylation is 2. The number of hydrogen-bond acceptors (Lipinski definition) is 3. The molecule has 9 aromatic carbocycles. The minimum atomic E-state index is -0.272. The zero-order valence-corrected chi connectivity index (χ0v) is 48.9. The van der Waals surface area contributed by atoms with Crippen molar-refractivity contribution < 1.29 is 9.15 Å². The number of aromatic nitrogens is 1. The van der Waals surface area contributed by atoms with E-state index in [1.807, 2.05) is 12.1 Å². The van der Waals surface area contributed by atoms with E-state index in [-0.39, 0.29) is 32.7 Å². The molecule has 0 unspecified atom stereocenters. The van der Waals surface area contributed by atoms with Gasteiger partial charge in [-0.05, 0) is 165 Å². The van der Waals surface area contributed by atoms with E-state index in [0.29, 0.717) is 24.2 Å². The Balaban J connectivity index is 0.000000131. The maximum atomic E-state index is 12.7. The van der Waals surface area contributed by atoms with Crippen LogP contribution in [0.2, 0.25) is 0 Å². The van der Waals surface area contributed by atoms with Crippen LogP contribution in [-0.2, 0) is 52.1 Å². The summed E-state index contributed by atoms with van der Waals surface area (Å²) in [6.45, 7) is 37.0. The molecule has 0 fully saturated rings. The summed E-state index contributed by atoms with van der Waals surface area (Å²) in [4.78, 5) is 12.7. The maximum Gasteiger partial charge on any atom is 0.344 e. The predicted molar refractivity (Wildman–Crippen MR) is 332 cm³/mol. The summed E-state index contributed by atoms with van der Waals surface area (Å²) in [7, 11) is 2.18. The summed E-state index contributed by atoms with van der Waals surface area (Å²) < 4.78 is 14.1. The minimum Gasteiger partial charge on any atom is -0.422 e. The van der Waals surface area contributed by atoms with Crippen LogP contribution < -0.4 is 5.63 Å². The molecule has 1 aliphatic heterocycles. The summed E-state index contributed by atoms with van der Waals surface area (Å²) in [5.41, 5.74) is 16.7. The Kier molecular flexibility index (Phi) is 13.3. The summed E-state index contributed by atoms with van der Waals surface area (Å²) >= 11 is 0. The van der Waals surface area contributed by atoms with Crippen LogP contribution in [0.3, 0.4) is 0 Å². The van der Waals surface area contributed by atoms with Crippen LogP contribution in [0.4, 0.5) is 0 Å². The smallest absolute Gasteiger partial charge is 0.344 e. The van der Waals surface area contributed by atoms with E-state index < -0.39 is 0 Å². The molecule has 0 spiro atoms. The Hall–Kier alpha value is -7.01. The van der Waals surface area contributed by atoms with Crippen molar-refractivity contribution in [2.24, 2.45) is 7.05 Å². The lowest BCUT2D eigenvalue weighted by molar-refractivity contribution is 0.110. The van der Waals surface area contributed by atoms with Gasteiger partial charge in [-0.1, -0.05) is 206 Å². The van der Waals surface area contributed by atoms with E-state index in [4.69, 9.17) is 9.15 Å². The molecular formula is C73H79NO3. The van der Waals surface area contributed by atoms with Crippen LogP contribution in [0.1, 0.15) is 148 Å². The van der Waals surface area contributed by atoms with Crippen LogP contribution in [0.15, 0.2) is 155 Å². The molecule has 0 aliphatic carbocycles. The molecule has 0 bridgehead atoms. The third-order valence-corrected chi connectivity index (χ3v) is 16.1. The zero-order chi connectivity index (χ0) is 55.3. The highest BCUT2D eigenvalue weighted by Gasteiger charge is 2.23. The summed E-state index contributed by atoms with van der Waals surface area (Å²) in [6.07, 6.45) is 0. The van der Waals surface area contributed by atoms with Crippen LogP contribution in [0.25, 0.3) is 87.0 Å². The van der Waals surface area contributed by atoms with Crippen molar-refractivity contribution in [2.45, 2.75) is 151 Å². The molecule has 0 saturated carbocycles. The third-order valence-electron chi connectivity index (χ3n) is 16.1. The highest BCUT2D eigenvalue weighted by Crippen LogP contribution is 2.40. The monoisotopic (exact) mass is 1020 g/mol. The van der Waals surface area contributed by atoms with E-state index in [0.717, 1.165) is 27.1 Å². The largest absolute Gasteiger partial charge is 0.422 e. The number of nitrogens with zero attached hydrogens (tertiary/aromatic N) is 1.